The number of thiophene rings is 1. The summed E-state index contributed by atoms with van der Waals surface area (Å²) in [6, 6.07) is 7.41. The van der Waals surface area contributed by atoms with Gasteiger partial charge in [0.2, 0.25) is 0 Å². The lowest BCUT2D eigenvalue weighted by molar-refractivity contribution is 0.0691. The van der Waals surface area contributed by atoms with E-state index >= 15 is 0 Å². The highest BCUT2D eigenvalue weighted by Crippen LogP contribution is 2.27. The van der Waals surface area contributed by atoms with Crippen LogP contribution in [0, 0.1) is 6.92 Å². The molecule has 7 heteroatoms. The normalized spacial score (nSPS) is 10.8. The van der Waals surface area contributed by atoms with Gasteiger partial charge >= 0.3 is 5.97 Å². The summed E-state index contributed by atoms with van der Waals surface area (Å²) in [4.78, 5) is 12.1. The Morgan fingerprint density at radius 1 is 1.45 bits per heavy atom. The number of aromatic carboxylic acids is 1. The second kappa shape index (κ2) is 4.93. The Morgan fingerprint density at radius 2 is 2.30 bits per heavy atom. The molecule has 0 saturated heterocycles. The van der Waals surface area contributed by atoms with Gasteiger partial charge in [-0.15, -0.1) is 16.4 Å². The van der Waals surface area contributed by atoms with Crippen LogP contribution in [0.25, 0.3) is 10.6 Å². The van der Waals surface area contributed by atoms with Crippen molar-refractivity contribution in [2.75, 3.05) is 0 Å². The Labute approximate surface area is 118 Å². The molecule has 0 aliphatic rings. The minimum absolute atomic E-state index is 0.0456. The van der Waals surface area contributed by atoms with Crippen LogP contribution in [-0.2, 0) is 6.54 Å². The highest BCUT2D eigenvalue weighted by atomic mass is 32.1. The summed E-state index contributed by atoms with van der Waals surface area (Å²) in [5.74, 6) is 0.425. The molecule has 0 fully saturated rings. The molecule has 0 unspecified atom stereocenters. The zero-order chi connectivity index (χ0) is 14.1. The van der Waals surface area contributed by atoms with E-state index in [0.717, 1.165) is 10.6 Å². The van der Waals surface area contributed by atoms with Crippen molar-refractivity contribution in [1.29, 1.82) is 0 Å². The molecule has 0 amide bonds. The van der Waals surface area contributed by atoms with Crippen LogP contribution in [0.5, 0.6) is 0 Å². The third kappa shape index (κ3) is 2.23. The molecule has 3 heterocycles. The van der Waals surface area contributed by atoms with Crippen molar-refractivity contribution in [2.45, 2.75) is 13.5 Å². The maximum absolute atomic E-state index is 11.3. The van der Waals surface area contributed by atoms with Crippen LogP contribution < -0.4 is 0 Å². The average molecular weight is 289 g/mol. The second-order valence-corrected chi connectivity index (χ2v) is 5.19. The van der Waals surface area contributed by atoms with Crippen LogP contribution in [0.3, 0.4) is 0 Å². The number of carboxylic acids is 1. The SMILES string of the molecule is Cc1ccc(Cn2nnc(C(=O)O)c2-c2cccs2)o1. The summed E-state index contributed by atoms with van der Waals surface area (Å²) in [6.45, 7) is 2.20. The third-order valence-electron chi connectivity index (χ3n) is 2.79. The summed E-state index contributed by atoms with van der Waals surface area (Å²) in [5.41, 5.74) is 0.456. The first-order valence-electron chi connectivity index (χ1n) is 5.91. The smallest absolute Gasteiger partial charge is 0.358 e. The van der Waals surface area contributed by atoms with Gasteiger partial charge in [-0.2, -0.15) is 0 Å². The van der Waals surface area contributed by atoms with Gasteiger partial charge in [0.1, 0.15) is 23.8 Å². The van der Waals surface area contributed by atoms with Crippen molar-refractivity contribution in [3.8, 4) is 10.6 Å². The van der Waals surface area contributed by atoms with E-state index in [2.05, 4.69) is 10.3 Å². The molecule has 6 nitrogen and oxygen atoms in total. The number of hydrogen-bond donors (Lipinski definition) is 1. The number of carboxylic acid groups (broad SMARTS) is 1. The molecule has 3 aromatic rings. The number of rotatable bonds is 4. The Balaban J connectivity index is 2.05. The highest BCUT2D eigenvalue weighted by molar-refractivity contribution is 7.13. The number of furan rings is 1. The molecule has 102 valence electrons. The van der Waals surface area contributed by atoms with E-state index in [1.165, 1.54) is 11.3 Å². The molecule has 0 radical (unpaired) electrons. The molecule has 0 aliphatic carbocycles. The fraction of sp³-hybridized carbons (Fsp3) is 0.154. The Morgan fingerprint density at radius 3 is 2.90 bits per heavy atom. The van der Waals surface area contributed by atoms with E-state index in [-0.39, 0.29) is 5.69 Å². The van der Waals surface area contributed by atoms with Gasteiger partial charge in [-0.05, 0) is 30.5 Å². The highest BCUT2D eigenvalue weighted by Gasteiger charge is 2.21. The van der Waals surface area contributed by atoms with E-state index in [4.69, 9.17) is 4.42 Å². The zero-order valence-corrected chi connectivity index (χ0v) is 11.4. The largest absolute Gasteiger partial charge is 0.476 e. The van der Waals surface area contributed by atoms with Crippen LogP contribution in [0.4, 0.5) is 0 Å². The predicted molar refractivity (Wildman–Crippen MR) is 72.8 cm³/mol. The summed E-state index contributed by atoms with van der Waals surface area (Å²) < 4.78 is 7.05. The maximum Gasteiger partial charge on any atom is 0.358 e. The quantitative estimate of drug-likeness (QED) is 0.798. The first-order valence-corrected chi connectivity index (χ1v) is 6.79. The molecule has 0 atom stereocenters. The first kappa shape index (κ1) is 12.6. The molecule has 0 bridgehead atoms. The van der Waals surface area contributed by atoms with Crippen molar-refractivity contribution in [3.05, 3.63) is 46.9 Å². The van der Waals surface area contributed by atoms with Crippen LogP contribution in [-0.4, -0.2) is 26.1 Å². The minimum Gasteiger partial charge on any atom is -0.476 e. The van der Waals surface area contributed by atoms with Crippen LogP contribution in [0.2, 0.25) is 0 Å². The van der Waals surface area contributed by atoms with Crippen molar-refractivity contribution < 1.29 is 14.3 Å². The van der Waals surface area contributed by atoms with Gasteiger partial charge in [0, 0.05) is 0 Å². The van der Waals surface area contributed by atoms with Crippen molar-refractivity contribution >= 4 is 17.3 Å². The van der Waals surface area contributed by atoms with Crippen molar-refractivity contribution in [1.82, 2.24) is 15.0 Å². The number of hydrogen-bond acceptors (Lipinski definition) is 5. The third-order valence-corrected chi connectivity index (χ3v) is 3.67. The second-order valence-electron chi connectivity index (χ2n) is 4.24. The predicted octanol–water partition coefficient (Wildman–Crippen LogP) is 2.65. The standard InChI is InChI=1S/C13H11N3O3S/c1-8-4-5-9(19-8)7-16-12(10-3-2-6-20-10)11(13(17)18)14-15-16/h2-6H,7H2,1H3,(H,17,18). The van der Waals surface area contributed by atoms with Gasteiger partial charge in [-0.1, -0.05) is 11.3 Å². The summed E-state index contributed by atoms with van der Waals surface area (Å²) in [6.07, 6.45) is 0. The Hall–Kier alpha value is -2.41. The van der Waals surface area contributed by atoms with E-state index in [1.807, 2.05) is 36.6 Å². The van der Waals surface area contributed by atoms with E-state index < -0.39 is 5.97 Å². The maximum atomic E-state index is 11.3. The van der Waals surface area contributed by atoms with Gasteiger partial charge in [0.15, 0.2) is 5.69 Å². The lowest BCUT2D eigenvalue weighted by atomic mass is 10.2. The molecule has 0 aliphatic heterocycles. The number of carbonyl (C=O) groups is 1. The fourth-order valence-electron chi connectivity index (χ4n) is 1.94. The molecular weight excluding hydrogens is 278 g/mol. The van der Waals surface area contributed by atoms with Gasteiger partial charge in [-0.25, -0.2) is 9.48 Å². The van der Waals surface area contributed by atoms with Gasteiger partial charge < -0.3 is 9.52 Å². The lowest BCUT2D eigenvalue weighted by Gasteiger charge is -2.03. The topological polar surface area (TPSA) is 81.2 Å². The summed E-state index contributed by atoms with van der Waals surface area (Å²) in [7, 11) is 0. The molecule has 3 aromatic heterocycles. The summed E-state index contributed by atoms with van der Waals surface area (Å²) in [5, 5.41) is 18.8. The molecule has 20 heavy (non-hydrogen) atoms. The number of aryl methyl sites for hydroxylation is 1. The first-order chi connectivity index (χ1) is 9.65. The number of aromatic nitrogens is 3. The molecule has 0 spiro atoms. The average Bonchev–Trinajstić information content (AvgIpc) is 3.10. The van der Waals surface area contributed by atoms with Crippen molar-refractivity contribution in [2.24, 2.45) is 0 Å². The lowest BCUT2D eigenvalue weighted by Crippen LogP contribution is -2.04. The van der Waals surface area contributed by atoms with E-state index in [1.54, 1.807) is 4.68 Å². The van der Waals surface area contributed by atoms with Crippen LogP contribution >= 0.6 is 11.3 Å². The number of nitrogens with zero attached hydrogens (tertiary/aromatic N) is 3. The van der Waals surface area contributed by atoms with Gasteiger partial charge in [-0.3, -0.25) is 0 Å². The monoisotopic (exact) mass is 289 g/mol. The molecular formula is C13H11N3O3S. The van der Waals surface area contributed by atoms with E-state index in [9.17, 15) is 9.90 Å². The van der Waals surface area contributed by atoms with Gasteiger partial charge in [0.25, 0.3) is 0 Å². The molecule has 0 saturated carbocycles. The Bertz CT molecular complexity index is 743. The minimum atomic E-state index is -1.09. The zero-order valence-electron chi connectivity index (χ0n) is 10.6. The van der Waals surface area contributed by atoms with Gasteiger partial charge in [0.05, 0.1) is 4.88 Å². The molecule has 0 aromatic carbocycles. The fourth-order valence-corrected chi connectivity index (χ4v) is 2.72. The Kier molecular flexibility index (Phi) is 3.11. The van der Waals surface area contributed by atoms with Crippen LogP contribution in [0.15, 0.2) is 34.1 Å². The van der Waals surface area contributed by atoms with E-state index in [0.29, 0.717) is 18.0 Å². The van der Waals surface area contributed by atoms with Crippen LogP contribution in [0.1, 0.15) is 22.0 Å². The molecule has 1 N–H and O–H groups in total. The summed E-state index contributed by atoms with van der Waals surface area (Å²) >= 11 is 1.45. The van der Waals surface area contributed by atoms with Crippen molar-refractivity contribution in [3.63, 3.8) is 0 Å². The molecule has 3 rings (SSSR count).